The number of benzene rings is 10. The Hall–Kier alpha value is -7.52. The molecule has 2 aliphatic carbocycles. The molecule has 302 valence electrons. The van der Waals surface area contributed by atoms with Crippen LogP contribution in [0.2, 0.25) is 0 Å². The maximum atomic E-state index is 2.55. The van der Waals surface area contributed by atoms with E-state index in [1.54, 1.807) is 0 Å². The Kier molecular flexibility index (Phi) is 8.11. The van der Waals surface area contributed by atoms with Gasteiger partial charge in [0.05, 0.1) is 11.1 Å². The molecule has 0 N–H and O–H groups in total. The van der Waals surface area contributed by atoms with Gasteiger partial charge in [-0.2, -0.15) is 0 Å². The highest BCUT2D eigenvalue weighted by Gasteiger charge is 2.47. The van der Waals surface area contributed by atoms with Crippen molar-refractivity contribution in [3.63, 3.8) is 0 Å². The lowest BCUT2D eigenvalue weighted by molar-refractivity contribution is 0.666. The lowest BCUT2D eigenvalue weighted by atomic mass is 9.67. The predicted octanol–water partition coefficient (Wildman–Crippen LogP) is 17.0. The number of fused-ring (bicyclic) bond motifs is 11. The van der Waals surface area contributed by atoms with Crippen LogP contribution in [-0.2, 0) is 10.8 Å². The molecule has 0 amide bonds. The topological polar surface area (TPSA) is 3.24 Å². The molecule has 0 bridgehead atoms. The fourth-order valence-electron chi connectivity index (χ4n) is 11.5. The Balaban J connectivity index is 1.08. The van der Waals surface area contributed by atoms with Crippen molar-refractivity contribution < 1.29 is 0 Å². The van der Waals surface area contributed by atoms with Crippen molar-refractivity contribution in [2.75, 3.05) is 4.90 Å². The monoisotopic (exact) mass is 833 g/mol. The van der Waals surface area contributed by atoms with Crippen molar-refractivity contribution in [1.82, 2.24) is 0 Å². The third-order valence-corrected chi connectivity index (χ3v) is 15.5. The average Bonchev–Trinajstić information content (AvgIpc) is 3.96. The van der Waals surface area contributed by atoms with Gasteiger partial charge in [-0.15, -0.1) is 11.3 Å². The zero-order chi connectivity index (χ0) is 42.6. The fourth-order valence-corrected chi connectivity index (χ4v) is 12.6. The fraction of sp³-hybridized carbons (Fsp3) is 0.0645. The van der Waals surface area contributed by atoms with Crippen LogP contribution in [0.3, 0.4) is 0 Å². The molecule has 1 heterocycles. The highest BCUT2D eigenvalue weighted by Crippen LogP contribution is 2.60. The molecule has 10 aromatic carbocycles. The third-order valence-electron chi connectivity index (χ3n) is 14.3. The highest BCUT2D eigenvalue weighted by atomic mass is 32.1. The number of hydrogen-bond acceptors (Lipinski definition) is 2. The van der Waals surface area contributed by atoms with Gasteiger partial charge < -0.3 is 4.90 Å². The minimum absolute atomic E-state index is 0.198. The molecular formula is C62H43NS. The first-order valence-electron chi connectivity index (χ1n) is 22.3. The summed E-state index contributed by atoms with van der Waals surface area (Å²) in [6, 6.07) is 84.1. The average molecular weight is 834 g/mol. The Labute approximate surface area is 378 Å². The number of nitrogens with zero attached hydrogens (tertiary/aromatic N) is 1. The van der Waals surface area contributed by atoms with Crippen LogP contribution in [-0.4, -0.2) is 0 Å². The van der Waals surface area contributed by atoms with E-state index in [1.165, 1.54) is 103 Å². The lowest BCUT2D eigenvalue weighted by Crippen LogP contribution is -2.28. The minimum atomic E-state index is -0.523. The van der Waals surface area contributed by atoms with E-state index < -0.39 is 5.41 Å². The molecule has 0 unspecified atom stereocenters. The van der Waals surface area contributed by atoms with Gasteiger partial charge in [0.2, 0.25) is 0 Å². The Morgan fingerprint density at radius 1 is 0.391 bits per heavy atom. The number of rotatable bonds is 6. The largest absolute Gasteiger partial charge is 0.310 e. The summed E-state index contributed by atoms with van der Waals surface area (Å²) in [7, 11) is 0. The van der Waals surface area contributed by atoms with Crippen LogP contribution < -0.4 is 4.90 Å². The van der Waals surface area contributed by atoms with Crippen LogP contribution in [0.1, 0.15) is 47.2 Å². The van der Waals surface area contributed by atoms with Gasteiger partial charge in [-0.25, -0.2) is 0 Å². The molecule has 0 radical (unpaired) electrons. The van der Waals surface area contributed by atoms with E-state index in [4.69, 9.17) is 0 Å². The summed E-state index contributed by atoms with van der Waals surface area (Å²) in [6.07, 6.45) is 0. The van der Waals surface area contributed by atoms with E-state index in [-0.39, 0.29) is 5.41 Å². The van der Waals surface area contributed by atoms with E-state index in [1.807, 2.05) is 11.3 Å². The SMILES string of the molecule is CC1(C)c2ccccc2-c2c(N(c3ccc(-c4ccc5sc6ccccc6c5c4)cc3)c3ccc4c(c3)C(c3ccccc3)(c3ccccc3)c3ccccc3-4)cc3ccccc3c21. The second kappa shape index (κ2) is 14.0. The van der Waals surface area contributed by atoms with Gasteiger partial charge in [0.1, 0.15) is 0 Å². The smallest absolute Gasteiger partial charge is 0.0714 e. The first-order valence-corrected chi connectivity index (χ1v) is 23.2. The van der Waals surface area contributed by atoms with Crippen LogP contribution in [0.5, 0.6) is 0 Å². The number of hydrogen-bond donors (Lipinski definition) is 0. The van der Waals surface area contributed by atoms with Gasteiger partial charge >= 0.3 is 0 Å². The van der Waals surface area contributed by atoms with E-state index in [2.05, 4.69) is 243 Å². The van der Waals surface area contributed by atoms with Crippen LogP contribution in [0.25, 0.3) is 64.3 Å². The zero-order valence-corrected chi connectivity index (χ0v) is 36.5. The molecule has 2 aliphatic rings. The number of thiophene rings is 1. The lowest BCUT2D eigenvalue weighted by Gasteiger charge is -2.35. The van der Waals surface area contributed by atoms with Gasteiger partial charge in [0, 0.05) is 42.5 Å². The normalized spacial score (nSPS) is 14.0. The molecule has 0 saturated carbocycles. The molecule has 1 nitrogen and oxygen atoms in total. The summed E-state index contributed by atoms with van der Waals surface area (Å²) >= 11 is 1.87. The molecular weight excluding hydrogens is 791 g/mol. The summed E-state index contributed by atoms with van der Waals surface area (Å²) < 4.78 is 2.65. The second-order valence-electron chi connectivity index (χ2n) is 18.0. The molecule has 13 rings (SSSR count). The van der Waals surface area contributed by atoms with Gasteiger partial charge in [-0.1, -0.05) is 190 Å². The molecule has 0 spiro atoms. The van der Waals surface area contributed by atoms with Crippen LogP contribution in [0, 0.1) is 0 Å². The van der Waals surface area contributed by atoms with Crippen molar-refractivity contribution in [1.29, 1.82) is 0 Å². The molecule has 0 fully saturated rings. The van der Waals surface area contributed by atoms with Crippen molar-refractivity contribution in [3.05, 3.63) is 258 Å². The summed E-state index contributed by atoms with van der Waals surface area (Å²) in [5, 5.41) is 5.19. The van der Waals surface area contributed by atoms with E-state index in [0.29, 0.717) is 0 Å². The van der Waals surface area contributed by atoms with Crippen molar-refractivity contribution in [2.24, 2.45) is 0 Å². The molecule has 64 heavy (non-hydrogen) atoms. The minimum Gasteiger partial charge on any atom is -0.310 e. The molecule has 1 aromatic heterocycles. The van der Waals surface area contributed by atoms with Crippen molar-refractivity contribution in [3.8, 4) is 33.4 Å². The molecule has 0 atom stereocenters. The predicted molar refractivity (Wildman–Crippen MR) is 272 cm³/mol. The molecule has 2 heteroatoms. The summed E-state index contributed by atoms with van der Waals surface area (Å²) in [5.74, 6) is 0. The molecule has 0 aliphatic heterocycles. The standard InChI is InChI=1S/C62H43NS/c1-61(2)53-26-14-12-25-51(53)59-56(38-42-17-9-10-22-47(42)60(59)61)63(45-32-29-40(30-33-45)41-31-36-58-52(37-41)50-24-13-16-28-57(50)64-58)46-34-35-49-48-23-11-15-27-54(48)62(55(49)39-46,43-18-5-3-6-19-43)44-20-7-4-8-21-44/h3-39H,1-2H3. The summed E-state index contributed by atoms with van der Waals surface area (Å²) in [4.78, 5) is 2.55. The van der Waals surface area contributed by atoms with Crippen LogP contribution in [0.4, 0.5) is 17.1 Å². The van der Waals surface area contributed by atoms with Crippen LogP contribution >= 0.6 is 11.3 Å². The highest BCUT2D eigenvalue weighted by molar-refractivity contribution is 7.25. The number of anilines is 3. The van der Waals surface area contributed by atoms with Gasteiger partial charge in [-0.05, 0) is 121 Å². The van der Waals surface area contributed by atoms with Gasteiger partial charge in [-0.3, -0.25) is 0 Å². The Morgan fingerprint density at radius 2 is 0.969 bits per heavy atom. The third kappa shape index (κ3) is 5.24. The maximum Gasteiger partial charge on any atom is 0.0714 e. The zero-order valence-electron chi connectivity index (χ0n) is 35.7. The van der Waals surface area contributed by atoms with Gasteiger partial charge in [0.15, 0.2) is 0 Å². The Bertz CT molecular complexity index is 3590. The first kappa shape index (κ1) is 37.1. The summed E-state index contributed by atoms with van der Waals surface area (Å²) in [6.45, 7) is 4.81. The van der Waals surface area contributed by atoms with Crippen molar-refractivity contribution in [2.45, 2.75) is 24.7 Å². The maximum absolute atomic E-state index is 2.55. The first-order chi connectivity index (χ1) is 31.5. The Morgan fingerprint density at radius 3 is 1.73 bits per heavy atom. The van der Waals surface area contributed by atoms with E-state index >= 15 is 0 Å². The quantitative estimate of drug-likeness (QED) is 0.161. The second-order valence-corrected chi connectivity index (χ2v) is 19.1. The van der Waals surface area contributed by atoms with E-state index in [0.717, 1.165) is 11.4 Å². The van der Waals surface area contributed by atoms with E-state index in [9.17, 15) is 0 Å². The van der Waals surface area contributed by atoms with Crippen LogP contribution in [0.15, 0.2) is 224 Å². The molecule has 11 aromatic rings. The van der Waals surface area contributed by atoms with Gasteiger partial charge in [0.25, 0.3) is 0 Å². The molecule has 0 saturated heterocycles. The van der Waals surface area contributed by atoms with Crippen molar-refractivity contribution >= 4 is 59.3 Å². The summed E-state index contributed by atoms with van der Waals surface area (Å²) in [5.41, 5.74) is 18.2.